The number of hydrogen-bond donors (Lipinski definition) is 1. The first kappa shape index (κ1) is 15.2. The number of ether oxygens (including phenoxy) is 1. The third-order valence-electron chi connectivity index (χ3n) is 2.84. The Morgan fingerprint density at radius 1 is 1.43 bits per heavy atom. The van der Waals surface area contributed by atoms with Crippen LogP contribution in [0.1, 0.15) is 12.5 Å². The second-order valence-electron chi connectivity index (χ2n) is 4.06. The molecule has 110 valence electrons. The maximum Gasteiger partial charge on any atom is 0.312 e. The van der Waals surface area contributed by atoms with Crippen molar-refractivity contribution in [2.45, 2.75) is 13.3 Å². The molecule has 0 atom stereocenters. The van der Waals surface area contributed by atoms with Gasteiger partial charge in [-0.2, -0.15) is 0 Å². The number of nitrogens with zero attached hydrogens (tertiary/aromatic N) is 3. The highest BCUT2D eigenvalue weighted by molar-refractivity contribution is 9.10. The van der Waals surface area contributed by atoms with Crippen LogP contribution in [0.25, 0.3) is 0 Å². The van der Waals surface area contributed by atoms with Gasteiger partial charge in [-0.05, 0) is 28.4 Å². The van der Waals surface area contributed by atoms with Crippen LogP contribution in [0.3, 0.4) is 0 Å². The van der Waals surface area contributed by atoms with Crippen LogP contribution in [-0.4, -0.2) is 21.9 Å². The van der Waals surface area contributed by atoms with Gasteiger partial charge in [0.1, 0.15) is 12.1 Å². The molecule has 0 fully saturated rings. The molecule has 0 aliphatic carbocycles. The molecular formula is C13H13BrN4O3. The third kappa shape index (κ3) is 3.10. The lowest BCUT2D eigenvalue weighted by Crippen LogP contribution is -2.03. The van der Waals surface area contributed by atoms with Crippen LogP contribution in [0.2, 0.25) is 0 Å². The molecule has 0 saturated heterocycles. The van der Waals surface area contributed by atoms with E-state index in [0.29, 0.717) is 22.6 Å². The lowest BCUT2D eigenvalue weighted by Gasteiger charge is -2.12. The second-order valence-corrected chi connectivity index (χ2v) is 4.91. The highest BCUT2D eigenvalue weighted by Crippen LogP contribution is 2.38. The van der Waals surface area contributed by atoms with Crippen molar-refractivity contribution in [3.63, 3.8) is 0 Å². The van der Waals surface area contributed by atoms with Crippen LogP contribution in [0.5, 0.6) is 11.6 Å². The molecule has 2 rings (SSSR count). The van der Waals surface area contributed by atoms with Gasteiger partial charge in [-0.1, -0.05) is 13.0 Å². The summed E-state index contributed by atoms with van der Waals surface area (Å²) in [5.74, 6) is 1.06. The summed E-state index contributed by atoms with van der Waals surface area (Å²) in [7, 11) is 1.74. The van der Waals surface area contributed by atoms with Gasteiger partial charge in [-0.25, -0.2) is 9.97 Å². The van der Waals surface area contributed by atoms with Crippen molar-refractivity contribution >= 4 is 27.4 Å². The summed E-state index contributed by atoms with van der Waals surface area (Å²) >= 11 is 3.27. The smallest absolute Gasteiger partial charge is 0.312 e. The molecule has 2 aromatic rings. The number of nitro benzene ring substituents is 1. The van der Waals surface area contributed by atoms with Crippen LogP contribution in [0.15, 0.2) is 29.0 Å². The Hall–Kier alpha value is -2.22. The van der Waals surface area contributed by atoms with Gasteiger partial charge in [0.15, 0.2) is 0 Å². The predicted octanol–water partition coefficient (Wildman–Crippen LogP) is 3.54. The van der Waals surface area contributed by atoms with E-state index in [0.717, 1.165) is 5.56 Å². The van der Waals surface area contributed by atoms with Crippen LogP contribution >= 0.6 is 15.9 Å². The summed E-state index contributed by atoms with van der Waals surface area (Å²) in [5.41, 5.74) is 0.626. The number of aromatic nitrogens is 2. The molecule has 1 heterocycles. The van der Waals surface area contributed by atoms with Crippen molar-refractivity contribution in [1.29, 1.82) is 0 Å². The van der Waals surface area contributed by atoms with Crippen LogP contribution in [0, 0.1) is 10.1 Å². The zero-order valence-corrected chi connectivity index (χ0v) is 13.0. The Bertz CT molecular complexity index is 678. The number of hydrogen-bond acceptors (Lipinski definition) is 6. The topological polar surface area (TPSA) is 90.2 Å². The van der Waals surface area contributed by atoms with Gasteiger partial charge >= 0.3 is 5.69 Å². The molecule has 7 nitrogen and oxygen atoms in total. The van der Waals surface area contributed by atoms with Gasteiger partial charge in [-0.3, -0.25) is 10.1 Å². The van der Waals surface area contributed by atoms with E-state index in [1.807, 2.05) is 6.92 Å². The first-order valence-electron chi connectivity index (χ1n) is 6.20. The zero-order chi connectivity index (χ0) is 15.4. The SMILES string of the molecule is CCc1c(NC)ncnc1Oc1c(Br)cccc1[N+](=O)[O-]. The number of halogens is 1. The second kappa shape index (κ2) is 6.49. The van der Waals surface area contributed by atoms with Crippen molar-refractivity contribution < 1.29 is 9.66 Å². The fourth-order valence-corrected chi connectivity index (χ4v) is 2.29. The molecule has 21 heavy (non-hydrogen) atoms. The van der Waals surface area contributed by atoms with Crippen LogP contribution < -0.4 is 10.1 Å². The highest BCUT2D eigenvalue weighted by atomic mass is 79.9. The van der Waals surface area contributed by atoms with Gasteiger partial charge in [0.2, 0.25) is 11.6 Å². The highest BCUT2D eigenvalue weighted by Gasteiger charge is 2.21. The summed E-state index contributed by atoms with van der Waals surface area (Å²) < 4.78 is 6.18. The Kier molecular flexibility index (Phi) is 4.69. The zero-order valence-electron chi connectivity index (χ0n) is 11.5. The van der Waals surface area contributed by atoms with Crippen molar-refractivity contribution in [1.82, 2.24) is 9.97 Å². The molecule has 0 spiro atoms. The number of nitrogens with one attached hydrogen (secondary N) is 1. The average Bonchev–Trinajstić information content (AvgIpc) is 2.48. The molecule has 1 aromatic heterocycles. The van der Waals surface area contributed by atoms with E-state index >= 15 is 0 Å². The Balaban J connectivity index is 2.51. The van der Waals surface area contributed by atoms with E-state index in [4.69, 9.17) is 4.74 Å². The molecular weight excluding hydrogens is 340 g/mol. The van der Waals surface area contributed by atoms with E-state index in [1.54, 1.807) is 19.2 Å². The largest absolute Gasteiger partial charge is 0.430 e. The standard InChI is InChI=1S/C13H13BrN4O3/c1-3-8-12(15-2)16-7-17-13(8)21-11-9(14)5-4-6-10(11)18(19)20/h4-7H,3H2,1-2H3,(H,15,16,17). The Labute approximate surface area is 129 Å². The molecule has 0 aliphatic heterocycles. The maximum atomic E-state index is 11.1. The van der Waals surface area contributed by atoms with E-state index in [-0.39, 0.29) is 11.4 Å². The maximum absolute atomic E-state index is 11.1. The summed E-state index contributed by atoms with van der Waals surface area (Å²) in [6.45, 7) is 1.93. The lowest BCUT2D eigenvalue weighted by molar-refractivity contribution is -0.385. The number of anilines is 1. The lowest BCUT2D eigenvalue weighted by atomic mass is 10.2. The number of nitro groups is 1. The van der Waals surface area contributed by atoms with Crippen LogP contribution in [-0.2, 0) is 6.42 Å². The molecule has 0 amide bonds. The molecule has 0 radical (unpaired) electrons. The fourth-order valence-electron chi connectivity index (χ4n) is 1.86. The average molecular weight is 353 g/mol. The van der Waals surface area contributed by atoms with Crippen molar-refractivity contribution in [2.24, 2.45) is 0 Å². The van der Waals surface area contributed by atoms with Gasteiger partial charge in [0, 0.05) is 13.1 Å². The van der Waals surface area contributed by atoms with Gasteiger partial charge in [-0.15, -0.1) is 0 Å². The summed E-state index contributed by atoms with van der Waals surface area (Å²) in [4.78, 5) is 18.8. The van der Waals surface area contributed by atoms with Gasteiger partial charge in [0.05, 0.1) is 15.0 Å². The van der Waals surface area contributed by atoms with Crippen molar-refractivity contribution in [3.8, 4) is 11.6 Å². The molecule has 0 bridgehead atoms. The Morgan fingerprint density at radius 2 is 2.19 bits per heavy atom. The summed E-state index contributed by atoms with van der Waals surface area (Å²) in [5, 5.41) is 14.0. The minimum Gasteiger partial charge on any atom is -0.430 e. The monoisotopic (exact) mass is 352 g/mol. The van der Waals surface area contributed by atoms with Crippen LogP contribution in [0.4, 0.5) is 11.5 Å². The van der Waals surface area contributed by atoms with Gasteiger partial charge in [0.25, 0.3) is 0 Å². The quantitative estimate of drug-likeness (QED) is 0.653. The molecule has 0 unspecified atom stereocenters. The Morgan fingerprint density at radius 3 is 2.81 bits per heavy atom. The molecule has 0 saturated carbocycles. The third-order valence-corrected chi connectivity index (χ3v) is 3.46. The van der Waals surface area contributed by atoms with Crippen molar-refractivity contribution in [3.05, 3.63) is 44.7 Å². The minimum atomic E-state index is -0.494. The predicted molar refractivity (Wildman–Crippen MR) is 81.8 cm³/mol. The molecule has 1 N–H and O–H groups in total. The molecule has 1 aromatic carbocycles. The van der Waals surface area contributed by atoms with E-state index in [2.05, 4.69) is 31.2 Å². The first-order chi connectivity index (χ1) is 10.1. The number of benzene rings is 1. The van der Waals surface area contributed by atoms with E-state index in [9.17, 15) is 10.1 Å². The summed E-state index contributed by atoms with van der Waals surface area (Å²) in [6, 6.07) is 4.63. The number of rotatable bonds is 5. The minimum absolute atomic E-state index is 0.123. The number of para-hydroxylation sites is 1. The fraction of sp³-hybridized carbons (Fsp3) is 0.231. The molecule has 8 heteroatoms. The van der Waals surface area contributed by atoms with E-state index < -0.39 is 4.92 Å². The van der Waals surface area contributed by atoms with Gasteiger partial charge < -0.3 is 10.1 Å². The van der Waals surface area contributed by atoms with E-state index in [1.165, 1.54) is 12.4 Å². The first-order valence-corrected chi connectivity index (χ1v) is 7.00. The molecule has 0 aliphatic rings. The summed E-state index contributed by atoms with van der Waals surface area (Å²) in [6.07, 6.45) is 1.98. The normalized spacial score (nSPS) is 10.2. The van der Waals surface area contributed by atoms with Crippen molar-refractivity contribution in [2.75, 3.05) is 12.4 Å².